The van der Waals surface area contributed by atoms with Crippen molar-refractivity contribution < 1.29 is 9.53 Å². The number of nitriles is 1. The SMILES string of the molecule is N#Cc1ccc(Cl)cc1OCC(=O)c1ccc(Br)cc1. The van der Waals surface area contributed by atoms with Crippen molar-refractivity contribution in [3.05, 3.63) is 63.1 Å². The van der Waals surface area contributed by atoms with E-state index < -0.39 is 0 Å². The highest BCUT2D eigenvalue weighted by Gasteiger charge is 2.09. The van der Waals surface area contributed by atoms with Gasteiger partial charge in [-0.2, -0.15) is 5.26 Å². The fraction of sp³-hybridized carbons (Fsp3) is 0.0667. The standard InChI is InChI=1S/C15H9BrClNO2/c16-12-4-1-10(2-5-12)14(19)9-20-15-7-13(17)6-3-11(15)8-18/h1-7H,9H2. The molecule has 0 radical (unpaired) electrons. The van der Waals surface area contributed by atoms with E-state index in [0.29, 0.717) is 21.9 Å². The summed E-state index contributed by atoms with van der Waals surface area (Å²) in [5.74, 6) is 0.145. The van der Waals surface area contributed by atoms with Crippen LogP contribution in [-0.2, 0) is 0 Å². The van der Waals surface area contributed by atoms with Crippen LogP contribution in [0.5, 0.6) is 5.75 Å². The lowest BCUT2D eigenvalue weighted by molar-refractivity contribution is 0.0921. The van der Waals surface area contributed by atoms with Gasteiger partial charge in [-0.1, -0.05) is 39.7 Å². The molecule has 0 saturated heterocycles. The Kier molecular flexibility index (Phi) is 4.78. The normalized spacial score (nSPS) is 9.85. The fourth-order valence-corrected chi connectivity index (χ4v) is 2.00. The van der Waals surface area contributed by atoms with Gasteiger partial charge in [-0.25, -0.2) is 0 Å². The zero-order chi connectivity index (χ0) is 14.5. The van der Waals surface area contributed by atoms with Gasteiger partial charge in [-0.3, -0.25) is 4.79 Å². The number of hydrogen-bond donors (Lipinski definition) is 0. The van der Waals surface area contributed by atoms with Crippen LogP contribution in [-0.4, -0.2) is 12.4 Å². The Hall–Kier alpha value is -1.83. The Bertz CT molecular complexity index is 677. The quantitative estimate of drug-likeness (QED) is 0.775. The van der Waals surface area contributed by atoms with Crippen molar-refractivity contribution in [2.45, 2.75) is 0 Å². The van der Waals surface area contributed by atoms with E-state index in [1.807, 2.05) is 6.07 Å². The van der Waals surface area contributed by atoms with E-state index >= 15 is 0 Å². The summed E-state index contributed by atoms with van der Waals surface area (Å²) in [5.41, 5.74) is 0.895. The molecule has 0 bridgehead atoms. The number of Topliss-reactive ketones (excluding diaryl/α,β-unsaturated/α-hetero) is 1. The van der Waals surface area contributed by atoms with E-state index in [2.05, 4.69) is 15.9 Å². The van der Waals surface area contributed by atoms with Crippen LogP contribution in [0, 0.1) is 11.3 Å². The molecule has 3 nitrogen and oxygen atoms in total. The Morgan fingerprint density at radius 2 is 1.95 bits per heavy atom. The zero-order valence-electron chi connectivity index (χ0n) is 10.3. The molecule has 2 aromatic rings. The van der Waals surface area contributed by atoms with Gasteiger partial charge in [0.25, 0.3) is 0 Å². The van der Waals surface area contributed by atoms with Crippen LogP contribution in [0.15, 0.2) is 46.9 Å². The third-order valence-electron chi connectivity index (χ3n) is 2.59. The van der Waals surface area contributed by atoms with Gasteiger partial charge in [-0.05, 0) is 24.3 Å². The van der Waals surface area contributed by atoms with Crippen molar-refractivity contribution in [3.8, 4) is 11.8 Å². The lowest BCUT2D eigenvalue weighted by Crippen LogP contribution is -2.12. The van der Waals surface area contributed by atoms with Gasteiger partial charge in [0.05, 0.1) is 5.56 Å². The maximum Gasteiger partial charge on any atom is 0.200 e. The van der Waals surface area contributed by atoms with Crippen molar-refractivity contribution in [1.82, 2.24) is 0 Å². The van der Waals surface area contributed by atoms with Gasteiger partial charge >= 0.3 is 0 Å². The molecule has 0 amide bonds. The van der Waals surface area contributed by atoms with Crippen molar-refractivity contribution in [2.75, 3.05) is 6.61 Å². The number of ether oxygens (including phenoxy) is 1. The largest absolute Gasteiger partial charge is 0.484 e. The third kappa shape index (κ3) is 3.60. The fourth-order valence-electron chi connectivity index (χ4n) is 1.57. The molecule has 5 heteroatoms. The predicted molar refractivity (Wildman–Crippen MR) is 80.1 cm³/mol. The molecule has 0 unspecified atom stereocenters. The Morgan fingerprint density at radius 3 is 2.60 bits per heavy atom. The van der Waals surface area contributed by atoms with Crippen molar-refractivity contribution in [1.29, 1.82) is 5.26 Å². The highest BCUT2D eigenvalue weighted by Crippen LogP contribution is 2.23. The summed E-state index contributed by atoms with van der Waals surface area (Å²) in [6, 6.07) is 13.7. The molecular weight excluding hydrogens is 342 g/mol. The summed E-state index contributed by atoms with van der Waals surface area (Å²) in [7, 11) is 0. The summed E-state index contributed by atoms with van der Waals surface area (Å²) in [4.78, 5) is 12.0. The molecule has 0 fully saturated rings. The number of rotatable bonds is 4. The van der Waals surface area contributed by atoms with Gasteiger partial charge in [0.15, 0.2) is 12.4 Å². The summed E-state index contributed by atoms with van der Waals surface area (Å²) in [6.07, 6.45) is 0. The molecule has 0 spiro atoms. The molecule has 0 aliphatic rings. The highest BCUT2D eigenvalue weighted by molar-refractivity contribution is 9.10. The Morgan fingerprint density at radius 1 is 1.25 bits per heavy atom. The second-order valence-corrected chi connectivity index (χ2v) is 5.32. The van der Waals surface area contributed by atoms with Crippen LogP contribution in [0.1, 0.15) is 15.9 Å². The minimum absolute atomic E-state index is 0.142. The Balaban J connectivity index is 2.09. The van der Waals surface area contributed by atoms with Crippen LogP contribution in [0.3, 0.4) is 0 Å². The summed E-state index contributed by atoms with van der Waals surface area (Å²) in [6.45, 7) is -0.142. The molecule has 0 atom stereocenters. The first-order valence-electron chi connectivity index (χ1n) is 5.71. The lowest BCUT2D eigenvalue weighted by atomic mass is 10.1. The van der Waals surface area contributed by atoms with Gasteiger partial charge in [0.2, 0.25) is 0 Å². The molecule has 2 aromatic carbocycles. The summed E-state index contributed by atoms with van der Waals surface area (Å²) in [5, 5.41) is 9.41. The first kappa shape index (κ1) is 14.6. The van der Waals surface area contributed by atoms with E-state index in [1.54, 1.807) is 36.4 Å². The molecule has 0 N–H and O–H groups in total. The second-order valence-electron chi connectivity index (χ2n) is 3.97. The highest BCUT2D eigenvalue weighted by atomic mass is 79.9. The van der Waals surface area contributed by atoms with Crippen molar-refractivity contribution in [2.24, 2.45) is 0 Å². The van der Waals surface area contributed by atoms with Gasteiger partial charge in [0.1, 0.15) is 11.8 Å². The smallest absolute Gasteiger partial charge is 0.200 e. The number of hydrogen-bond acceptors (Lipinski definition) is 3. The molecule has 0 aliphatic carbocycles. The van der Waals surface area contributed by atoms with Crippen molar-refractivity contribution in [3.63, 3.8) is 0 Å². The molecule has 2 rings (SSSR count). The average molecular weight is 351 g/mol. The number of ketones is 1. The molecule has 0 aromatic heterocycles. The molecule has 0 heterocycles. The van der Waals surface area contributed by atoms with Gasteiger partial charge < -0.3 is 4.74 Å². The van der Waals surface area contributed by atoms with E-state index in [1.165, 1.54) is 6.07 Å². The number of nitrogens with zero attached hydrogens (tertiary/aromatic N) is 1. The molecule has 20 heavy (non-hydrogen) atoms. The first-order chi connectivity index (χ1) is 9.60. The van der Waals surface area contributed by atoms with Gasteiger partial charge in [0, 0.05) is 21.1 Å². The van der Waals surface area contributed by atoms with Crippen molar-refractivity contribution >= 4 is 33.3 Å². The predicted octanol–water partition coefficient (Wildman–Crippen LogP) is 4.24. The third-order valence-corrected chi connectivity index (χ3v) is 3.35. The lowest BCUT2D eigenvalue weighted by Gasteiger charge is -2.07. The molecule has 0 saturated carbocycles. The van der Waals surface area contributed by atoms with Crippen LogP contribution < -0.4 is 4.74 Å². The molecular formula is C15H9BrClNO2. The van der Waals surface area contributed by atoms with Crippen LogP contribution in [0.25, 0.3) is 0 Å². The monoisotopic (exact) mass is 349 g/mol. The minimum Gasteiger partial charge on any atom is -0.484 e. The zero-order valence-corrected chi connectivity index (χ0v) is 12.6. The maximum absolute atomic E-state index is 12.0. The minimum atomic E-state index is -0.165. The number of carbonyl (C=O) groups is 1. The average Bonchev–Trinajstić information content (AvgIpc) is 2.45. The summed E-state index contributed by atoms with van der Waals surface area (Å²) < 4.78 is 6.29. The number of halogens is 2. The van der Waals surface area contributed by atoms with E-state index in [9.17, 15) is 4.79 Å². The van der Waals surface area contributed by atoms with E-state index in [0.717, 1.165) is 4.47 Å². The Labute approximate surface area is 129 Å². The van der Waals surface area contributed by atoms with E-state index in [-0.39, 0.29) is 12.4 Å². The van der Waals surface area contributed by atoms with Crippen LogP contribution >= 0.6 is 27.5 Å². The first-order valence-corrected chi connectivity index (χ1v) is 6.88. The van der Waals surface area contributed by atoms with Gasteiger partial charge in [-0.15, -0.1) is 0 Å². The molecule has 100 valence electrons. The molecule has 0 aliphatic heterocycles. The number of benzene rings is 2. The van der Waals surface area contributed by atoms with Crippen LogP contribution in [0.4, 0.5) is 0 Å². The second kappa shape index (κ2) is 6.56. The summed E-state index contributed by atoms with van der Waals surface area (Å²) >= 11 is 9.15. The maximum atomic E-state index is 12.0. The number of carbonyl (C=O) groups excluding carboxylic acids is 1. The van der Waals surface area contributed by atoms with Crippen LogP contribution in [0.2, 0.25) is 5.02 Å². The van der Waals surface area contributed by atoms with E-state index in [4.69, 9.17) is 21.6 Å². The topological polar surface area (TPSA) is 50.1 Å².